The van der Waals surface area contributed by atoms with Crippen LogP contribution in [0.15, 0.2) is 12.2 Å². The van der Waals surface area contributed by atoms with Gasteiger partial charge in [0, 0.05) is 13.1 Å². The molecule has 2 fully saturated rings. The molecule has 0 radical (unpaired) electrons. The van der Waals surface area contributed by atoms with Gasteiger partial charge < -0.3 is 5.11 Å². The Morgan fingerprint density at radius 3 is 2.00 bits per heavy atom. The quantitative estimate of drug-likeness (QED) is 0.611. The van der Waals surface area contributed by atoms with E-state index in [1.165, 1.54) is 4.90 Å². The van der Waals surface area contributed by atoms with E-state index in [0.29, 0.717) is 12.8 Å². The number of hydrogen-bond acceptors (Lipinski definition) is 4. The van der Waals surface area contributed by atoms with Gasteiger partial charge in [-0.1, -0.05) is 12.2 Å². The van der Waals surface area contributed by atoms with Crippen LogP contribution in [0.5, 0.6) is 0 Å². The number of allylic oxidation sites excluding steroid dienone is 2. The van der Waals surface area contributed by atoms with Crippen molar-refractivity contribution in [2.45, 2.75) is 37.5 Å². The first-order chi connectivity index (χ1) is 10.7. The number of nitrogens with zero attached hydrogens (tertiary/aromatic N) is 2. The third-order valence-corrected chi connectivity index (χ3v) is 5.15. The van der Waals surface area contributed by atoms with Crippen molar-refractivity contribution in [2.75, 3.05) is 19.8 Å². The van der Waals surface area contributed by atoms with E-state index in [1.807, 2.05) is 12.2 Å². The zero-order valence-electron chi connectivity index (χ0n) is 12.6. The molecule has 2 atom stereocenters. The number of amides is 2. The van der Waals surface area contributed by atoms with E-state index in [9.17, 15) is 27.9 Å². The monoisotopic (exact) mass is 332 g/mol. The lowest BCUT2D eigenvalue weighted by molar-refractivity contribution is -0.273. The smallest absolute Gasteiger partial charge is 0.380 e. The molecule has 2 aliphatic heterocycles. The summed E-state index contributed by atoms with van der Waals surface area (Å²) in [6, 6.07) is 0. The average Bonchev–Trinajstić information content (AvgIpc) is 2.74. The number of likely N-dealkylation sites (tertiary alicyclic amines) is 2. The molecule has 0 bridgehead atoms. The lowest BCUT2D eigenvalue weighted by Gasteiger charge is -2.39. The molecule has 5 nitrogen and oxygen atoms in total. The van der Waals surface area contributed by atoms with Crippen molar-refractivity contribution in [3.8, 4) is 0 Å². The maximum absolute atomic E-state index is 12.8. The van der Waals surface area contributed by atoms with Gasteiger partial charge in [0.2, 0.25) is 11.8 Å². The van der Waals surface area contributed by atoms with Gasteiger partial charge in [-0.05, 0) is 25.7 Å². The molecular weight excluding hydrogens is 313 g/mol. The van der Waals surface area contributed by atoms with Gasteiger partial charge in [-0.3, -0.25) is 19.4 Å². The van der Waals surface area contributed by atoms with Crippen LogP contribution in [0.3, 0.4) is 0 Å². The lowest BCUT2D eigenvalue weighted by atomic mass is 9.85. The first-order valence-electron chi connectivity index (χ1n) is 7.75. The molecule has 0 aromatic heterocycles. The number of alkyl halides is 3. The highest BCUT2D eigenvalue weighted by Gasteiger charge is 2.55. The minimum absolute atomic E-state index is 0.000648. The van der Waals surface area contributed by atoms with Gasteiger partial charge in [0.15, 0.2) is 5.60 Å². The van der Waals surface area contributed by atoms with Crippen LogP contribution in [-0.4, -0.2) is 58.3 Å². The molecule has 0 spiro atoms. The van der Waals surface area contributed by atoms with Crippen LogP contribution in [0.25, 0.3) is 0 Å². The molecule has 8 heteroatoms. The predicted molar refractivity (Wildman–Crippen MR) is 73.9 cm³/mol. The SMILES string of the molecule is O=C1C2CC=CCC2C(=O)N1CN1CCC(O)(C(F)(F)F)CC1. The molecule has 2 saturated heterocycles. The second kappa shape index (κ2) is 5.59. The molecule has 0 saturated carbocycles. The van der Waals surface area contributed by atoms with Crippen LogP contribution in [-0.2, 0) is 9.59 Å². The van der Waals surface area contributed by atoms with E-state index in [2.05, 4.69) is 0 Å². The molecule has 1 aliphatic carbocycles. The first kappa shape index (κ1) is 16.4. The molecule has 0 aromatic carbocycles. The topological polar surface area (TPSA) is 60.9 Å². The van der Waals surface area contributed by atoms with Crippen molar-refractivity contribution in [2.24, 2.45) is 11.8 Å². The lowest BCUT2D eigenvalue weighted by Crippen LogP contribution is -2.55. The number of rotatable bonds is 2. The van der Waals surface area contributed by atoms with Gasteiger partial charge in [0.25, 0.3) is 0 Å². The summed E-state index contributed by atoms with van der Waals surface area (Å²) in [5, 5.41) is 9.65. The molecule has 2 heterocycles. The van der Waals surface area contributed by atoms with Crippen LogP contribution >= 0.6 is 0 Å². The van der Waals surface area contributed by atoms with E-state index in [1.54, 1.807) is 4.90 Å². The fourth-order valence-electron chi connectivity index (χ4n) is 3.56. The number of fused-ring (bicyclic) bond motifs is 1. The predicted octanol–water partition coefficient (Wildman–Crippen LogP) is 1.28. The highest BCUT2D eigenvalue weighted by molar-refractivity contribution is 6.05. The Kier molecular flexibility index (Phi) is 4.00. The van der Waals surface area contributed by atoms with Crippen molar-refractivity contribution < 1.29 is 27.9 Å². The summed E-state index contributed by atoms with van der Waals surface area (Å²) in [4.78, 5) is 27.4. The molecule has 3 rings (SSSR count). The highest BCUT2D eigenvalue weighted by Crippen LogP contribution is 2.39. The van der Waals surface area contributed by atoms with Crippen molar-refractivity contribution >= 4 is 11.8 Å². The van der Waals surface area contributed by atoms with Crippen LogP contribution in [0.2, 0.25) is 0 Å². The number of hydrogen-bond donors (Lipinski definition) is 1. The zero-order valence-corrected chi connectivity index (χ0v) is 12.6. The zero-order chi connectivity index (χ0) is 16.8. The molecule has 2 unspecified atom stereocenters. The third-order valence-electron chi connectivity index (χ3n) is 5.15. The summed E-state index contributed by atoms with van der Waals surface area (Å²) in [6.07, 6.45) is -0.680. The van der Waals surface area contributed by atoms with E-state index in [0.717, 1.165) is 0 Å². The van der Waals surface area contributed by atoms with Gasteiger partial charge >= 0.3 is 6.18 Å². The number of carbonyl (C=O) groups excluding carboxylic acids is 2. The first-order valence-corrected chi connectivity index (χ1v) is 7.75. The molecule has 2 amide bonds. The molecule has 0 aromatic rings. The summed E-state index contributed by atoms with van der Waals surface area (Å²) < 4.78 is 38.4. The summed E-state index contributed by atoms with van der Waals surface area (Å²) in [5.74, 6) is -1.13. The largest absolute Gasteiger partial charge is 0.417 e. The van der Waals surface area contributed by atoms with Gasteiger partial charge in [-0.2, -0.15) is 13.2 Å². The second-order valence-electron chi connectivity index (χ2n) is 6.55. The summed E-state index contributed by atoms with van der Waals surface area (Å²) >= 11 is 0. The van der Waals surface area contributed by atoms with Crippen molar-refractivity contribution in [3.05, 3.63) is 12.2 Å². The Morgan fingerprint density at radius 2 is 1.57 bits per heavy atom. The Morgan fingerprint density at radius 1 is 1.09 bits per heavy atom. The van der Waals surface area contributed by atoms with Crippen LogP contribution in [0.4, 0.5) is 13.2 Å². The van der Waals surface area contributed by atoms with E-state index in [-0.39, 0.29) is 43.4 Å². The standard InChI is InChI=1S/C15H19F3N2O3/c16-15(17,18)14(23)5-7-19(8-6-14)9-20-12(21)10-3-1-2-4-11(10)13(20)22/h1-2,10-11,23H,3-9H2. The van der Waals surface area contributed by atoms with Crippen LogP contribution < -0.4 is 0 Å². The molecule has 1 N–H and O–H groups in total. The Hall–Kier alpha value is -1.41. The molecule has 23 heavy (non-hydrogen) atoms. The maximum atomic E-state index is 12.8. The average molecular weight is 332 g/mol. The van der Waals surface area contributed by atoms with Gasteiger partial charge in [0.1, 0.15) is 0 Å². The number of halogens is 3. The van der Waals surface area contributed by atoms with Crippen molar-refractivity contribution in [1.29, 1.82) is 0 Å². The number of imide groups is 1. The number of aliphatic hydroxyl groups is 1. The second-order valence-corrected chi connectivity index (χ2v) is 6.55. The minimum atomic E-state index is -4.65. The fourth-order valence-corrected chi connectivity index (χ4v) is 3.56. The van der Waals surface area contributed by atoms with Crippen LogP contribution in [0, 0.1) is 11.8 Å². The van der Waals surface area contributed by atoms with Crippen LogP contribution in [0.1, 0.15) is 25.7 Å². The number of carbonyl (C=O) groups is 2. The maximum Gasteiger partial charge on any atom is 0.417 e. The van der Waals surface area contributed by atoms with Crippen molar-refractivity contribution in [1.82, 2.24) is 9.80 Å². The summed E-state index contributed by atoms with van der Waals surface area (Å²) in [7, 11) is 0. The Balaban J connectivity index is 1.61. The fraction of sp³-hybridized carbons (Fsp3) is 0.733. The molecular formula is C15H19F3N2O3. The van der Waals surface area contributed by atoms with E-state index >= 15 is 0 Å². The van der Waals surface area contributed by atoms with E-state index in [4.69, 9.17) is 0 Å². The molecule has 3 aliphatic rings. The van der Waals surface area contributed by atoms with Gasteiger partial charge in [-0.25, -0.2) is 0 Å². The number of piperidine rings is 1. The highest BCUT2D eigenvalue weighted by atomic mass is 19.4. The Labute approximate surface area is 131 Å². The Bertz CT molecular complexity index is 513. The molecule has 128 valence electrons. The van der Waals surface area contributed by atoms with Gasteiger partial charge in [-0.15, -0.1) is 0 Å². The van der Waals surface area contributed by atoms with E-state index < -0.39 is 24.6 Å². The minimum Gasteiger partial charge on any atom is -0.380 e. The summed E-state index contributed by atoms with van der Waals surface area (Å²) in [5.41, 5.74) is -2.67. The summed E-state index contributed by atoms with van der Waals surface area (Å²) in [6.45, 7) is 0.0138. The normalized spacial score (nSPS) is 31.6. The van der Waals surface area contributed by atoms with Crippen molar-refractivity contribution in [3.63, 3.8) is 0 Å². The third kappa shape index (κ3) is 2.78. The van der Waals surface area contributed by atoms with Gasteiger partial charge in [0.05, 0.1) is 18.5 Å².